The summed E-state index contributed by atoms with van der Waals surface area (Å²) < 4.78 is 7.49. The van der Waals surface area contributed by atoms with Gasteiger partial charge in [0, 0.05) is 55.9 Å². The van der Waals surface area contributed by atoms with Crippen LogP contribution in [0.5, 0.6) is 0 Å². The van der Waals surface area contributed by atoms with Crippen molar-refractivity contribution in [1.82, 2.24) is 19.6 Å². The molecule has 0 aliphatic carbocycles. The molecule has 0 bridgehead atoms. The predicted octanol–water partition coefficient (Wildman–Crippen LogP) is 5.91. The van der Waals surface area contributed by atoms with Gasteiger partial charge in [-0.05, 0) is 70.4 Å². The lowest BCUT2D eigenvalue weighted by Crippen LogP contribution is -2.49. The maximum absolute atomic E-state index is 14.0. The van der Waals surface area contributed by atoms with Crippen molar-refractivity contribution in [3.63, 3.8) is 0 Å². The Morgan fingerprint density at radius 1 is 0.900 bits per heavy atom. The van der Waals surface area contributed by atoms with Crippen LogP contribution in [0.3, 0.4) is 0 Å². The maximum atomic E-state index is 14.0. The average Bonchev–Trinajstić information content (AvgIpc) is 3.39. The van der Waals surface area contributed by atoms with E-state index in [1.807, 2.05) is 73.7 Å². The molecular formula is C31H38ClN5O3. The molecule has 8 nitrogen and oxygen atoms in total. The summed E-state index contributed by atoms with van der Waals surface area (Å²) in [7, 11) is 0. The molecule has 3 heterocycles. The van der Waals surface area contributed by atoms with Crippen molar-refractivity contribution in [2.75, 3.05) is 44.2 Å². The van der Waals surface area contributed by atoms with Crippen molar-refractivity contribution in [2.24, 2.45) is 0 Å². The minimum atomic E-state index is -0.541. The van der Waals surface area contributed by atoms with Gasteiger partial charge in [0.2, 0.25) is 0 Å². The van der Waals surface area contributed by atoms with Gasteiger partial charge in [-0.15, -0.1) is 0 Å². The molecule has 2 saturated heterocycles. The van der Waals surface area contributed by atoms with Crippen LogP contribution in [0, 0.1) is 6.92 Å². The number of carbonyl (C=O) groups is 2. The highest BCUT2D eigenvalue weighted by atomic mass is 35.5. The second kappa shape index (κ2) is 11.5. The topological polar surface area (TPSA) is 70.9 Å². The Morgan fingerprint density at radius 3 is 2.23 bits per heavy atom. The number of nitrogens with zero attached hydrogens (tertiary/aromatic N) is 5. The second-order valence-electron chi connectivity index (χ2n) is 11.6. The van der Waals surface area contributed by atoms with Gasteiger partial charge < -0.3 is 19.4 Å². The van der Waals surface area contributed by atoms with Crippen LogP contribution < -0.4 is 4.90 Å². The Bertz CT molecular complexity index is 1350. The van der Waals surface area contributed by atoms with E-state index >= 15 is 0 Å². The first-order valence-electron chi connectivity index (χ1n) is 14.0. The predicted molar refractivity (Wildman–Crippen MR) is 158 cm³/mol. The van der Waals surface area contributed by atoms with Gasteiger partial charge in [0.15, 0.2) is 0 Å². The van der Waals surface area contributed by atoms with E-state index in [9.17, 15) is 9.59 Å². The lowest BCUT2D eigenvalue weighted by Gasteiger charge is -2.37. The number of para-hydroxylation sites is 1. The SMILES string of the molecule is Cc1c(Cl)cccc1-n1ncc(C(=O)N2CCN(c3ccccc3)CC2)c1C1CCN(C(=O)OC(C)(C)C)CC1. The molecule has 2 amide bonds. The number of rotatable bonds is 4. The van der Waals surface area contributed by atoms with E-state index in [4.69, 9.17) is 21.4 Å². The van der Waals surface area contributed by atoms with Gasteiger partial charge in [0.25, 0.3) is 5.91 Å². The molecule has 2 fully saturated rings. The van der Waals surface area contributed by atoms with Gasteiger partial charge in [-0.1, -0.05) is 35.9 Å². The van der Waals surface area contributed by atoms with Gasteiger partial charge in [-0.3, -0.25) is 4.79 Å². The molecule has 0 saturated carbocycles. The molecule has 2 aliphatic heterocycles. The molecule has 9 heteroatoms. The number of ether oxygens (including phenoxy) is 1. The first-order chi connectivity index (χ1) is 19.1. The Morgan fingerprint density at radius 2 is 1.57 bits per heavy atom. The number of amides is 2. The molecule has 2 aromatic carbocycles. The lowest BCUT2D eigenvalue weighted by molar-refractivity contribution is 0.0203. The number of aromatic nitrogens is 2. The molecule has 3 aromatic rings. The fourth-order valence-corrected chi connectivity index (χ4v) is 5.74. The third kappa shape index (κ3) is 5.97. The van der Waals surface area contributed by atoms with Crippen LogP contribution in [0.15, 0.2) is 54.7 Å². The van der Waals surface area contributed by atoms with E-state index in [-0.39, 0.29) is 17.9 Å². The highest BCUT2D eigenvalue weighted by molar-refractivity contribution is 6.31. The Labute approximate surface area is 241 Å². The highest BCUT2D eigenvalue weighted by Gasteiger charge is 2.34. The second-order valence-corrected chi connectivity index (χ2v) is 12.0. The number of hydrogen-bond acceptors (Lipinski definition) is 5. The zero-order chi connectivity index (χ0) is 28.4. The number of hydrogen-bond donors (Lipinski definition) is 0. The maximum Gasteiger partial charge on any atom is 0.410 e. The van der Waals surface area contributed by atoms with Crippen LogP contribution in [-0.2, 0) is 4.74 Å². The fraction of sp³-hybridized carbons (Fsp3) is 0.452. The van der Waals surface area contributed by atoms with Crippen molar-refractivity contribution in [1.29, 1.82) is 0 Å². The molecule has 1 aromatic heterocycles. The fourth-order valence-electron chi connectivity index (χ4n) is 5.57. The lowest BCUT2D eigenvalue weighted by atomic mass is 9.90. The normalized spacial score (nSPS) is 16.8. The highest BCUT2D eigenvalue weighted by Crippen LogP contribution is 2.35. The standard InChI is InChI=1S/C31H38ClN5O3/c1-22-26(32)11-8-12-27(22)37-28(23-13-15-36(16-14-23)30(39)40-31(2,3)4)25(21-33-37)29(38)35-19-17-34(18-20-35)24-9-6-5-7-10-24/h5-12,21,23H,13-20H2,1-4H3. The molecule has 0 unspecified atom stereocenters. The van der Waals surface area contributed by atoms with E-state index in [1.165, 1.54) is 5.69 Å². The summed E-state index contributed by atoms with van der Waals surface area (Å²) in [6.07, 6.45) is 2.85. The van der Waals surface area contributed by atoms with Crippen molar-refractivity contribution in [2.45, 2.75) is 52.1 Å². The number of likely N-dealkylation sites (tertiary alicyclic amines) is 1. The van der Waals surface area contributed by atoms with Gasteiger partial charge >= 0.3 is 6.09 Å². The molecule has 212 valence electrons. The molecule has 0 N–H and O–H groups in total. The van der Waals surface area contributed by atoms with Crippen molar-refractivity contribution >= 4 is 29.3 Å². The number of carbonyl (C=O) groups excluding carboxylic acids is 2. The quantitative estimate of drug-likeness (QED) is 0.394. The zero-order valence-electron chi connectivity index (χ0n) is 23.8. The number of anilines is 1. The van der Waals surface area contributed by atoms with Gasteiger partial charge in [0.05, 0.1) is 23.1 Å². The Hall–Kier alpha value is -3.52. The first kappa shape index (κ1) is 28.0. The minimum Gasteiger partial charge on any atom is -0.444 e. The summed E-state index contributed by atoms with van der Waals surface area (Å²) in [6, 6.07) is 16.1. The summed E-state index contributed by atoms with van der Waals surface area (Å²) in [5.74, 6) is 0.0624. The molecule has 0 atom stereocenters. The summed E-state index contributed by atoms with van der Waals surface area (Å²) in [4.78, 5) is 32.7. The first-order valence-corrected chi connectivity index (χ1v) is 14.4. The molecule has 0 radical (unpaired) electrons. The number of piperazine rings is 1. The van der Waals surface area contributed by atoms with Crippen LogP contribution >= 0.6 is 11.6 Å². The van der Waals surface area contributed by atoms with Gasteiger partial charge in [-0.25, -0.2) is 9.48 Å². The summed E-state index contributed by atoms with van der Waals surface area (Å²) in [5.41, 5.74) is 3.94. The van der Waals surface area contributed by atoms with Gasteiger partial charge in [-0.2, -0.15) is 5.10 Å². The van der Waals surface area contributed by atoms with Crippen molar-refractivity contribution < 1.29 is 14.3 Å². The zero-order valence-corrected chi connectivity index (χ0v) is 24.5. The molecular weight excluding hydrogens is 526 g/mol. The largest absolute Gasteiger partial charge is 0.444 e. The van der Waals surface area contributed by atoms with Crippen LogP contribution in [0.1, 0.15) is 61.1 Å². The number of benzene rings is 2. The minimum absolute atomic E-state index is 0.00298. The van der Waals surface area contributed by atoms with Crippen LogP contribution in [0.4, 0.5) is 10.5 Å². The Balaban J connectivity index is 1.39. The summed E-state index contributed by atoms with van der Waals surface area (Å²) >= 11 is 6.48. The average molecular weight is 564 g/mol. The van der Waals surface area contributed by atoms with Crippen LogP contribution in [0.25, 0.3) is 5.69 Å². The van der Waals surface area contributed by atoms with Crippen molar-refractivity contribution in [3.05, 3.63) is 76.6 Å². The van der Waals surface area contributed by atoms with E-state index in [1.54, 1.807) is 11.1 Å². The van der Waals surface area contributed by atoms with Crippen LogP contribution in [0.2, 0.25) is 5.02 Å². The number of piperidine rings is 1. The Kier molecular flexibility index (Phi) is 8.08. The van der Waals surface area contributed by atoms with Gasteiger partial charge in [0.1, 0.15) is 5.60 Å². The molecule has 40 heavy (non-hydrogen) atoms. The van der Waals surface area contributed by atoms with E-state index < -0.39 is 5.60 Å². The van der Waals surface area contributed by atoms with E-state index in [2.05, 4.69) is 17.0 Å². The van der Waals surface area contributed by atoms with E-state index in [0.717, 1.165) is 30.0 Å². The summed E-state index contributed by atoms with van der Waals surface area (Å²) in [5, 5.41) is 5.40. The monoisotopic (exact) mass is 563 g/mol. The third-order valence-electron chi connectivity index (χ3n) is 7.73. The number of halogens is 1. The molecule has 0 spiro atoms. The summed E-state index contributed by atoms with van der Waals surface area (Å²) in [6.45, 7) is 11.6. The van der Waals surface area contributed by atoms with Crippen molar-refractivity contribution in [3.8, 4) is 5.69 Å². The third-order valence-corrected chi connectivity index (χ3v) is 8.14. The smallest absolute Gasteiger partial charge is 0.410 e. The van der Waals surface area contributed by atoms with E-state index in [0.29, 0.717) is 49.6 Å². The van der Waals surface area contributed by atoms with Crippen LogP contribution in [-0.4, -0.2) is 76.5 Å². The molecule has 2 aliphatic rings. The molecule has 5 rings (SSSR count).